The number of hydrogen-bond acceptors (Lipinski definition) is 3. The zero-order chi connectivity index (χ0) is 14.8. The quantitative estimate of drug-likeness (QED) is 0.775. The molecule has 0 atom stereocenters. The van der Waals surface area contributed by atoms with Gasteiger partial charge >= 0.3 is 0 Å². The molecule has 0 aliphatic heterocycles. The first-order chi connectivity index (χ1) is 10.1. The van der Waals surface area contributed by atoms with E-state index >= 15 is 0 Å². The number of hydrogen-bond donors (Lipinski definition) is 2. The fourth-order valence-corrected chi connectivity index (χ4v) is 3.06. The molecular weight excluding hydrogens is 289 g/mol. The van der Waals surface area contributed by atoms with Gasteiger partial charge in [-0.25, -0.2) is 4.39 Å². The number of rotatable bonds is 3. The number of phenolic OH excluding ortho intramolecular Hbond substituents is 1. The van der Waals surface area contributed by atoms with Crippen LogP contribution in [-0.4, -0.2) is 11.0 Å². The van der Waals surface area contributed by atoms with Gasteiger partial charge in [-0.1, -0.05) is 18.2 Å². The van der Waals surface area contributed by atoms with Gasteiger partial charge in [-0.05, 0) is 41.3 Å². The lowest BCUT2D eigenvalue weighted by Crippen LogP contribution is -2.21. The Kier molecular flexibility index (Phi) is 3.58. The number of benzene rings is 2. The highest BCUT2D eigenvalue weighted by Gasteiger charge is 2.10. The molecule has 1 amide bonds. The maximum absolute atomic E-state index is 13.1. The summed E-state index contributed by atoms with van der Waals surface area (Å²) in [6, 6.07) is 12.9. The molecule has 0 unspecified atom stereocenters. The largest absolute Gasteiger partial charge is 0.508 e. The highest BCUT2D eigenvalue weighted by Crippen LogP contribution is 2.26. The molecule has 2 N–H and O–H groups in total. The maximum Gasteiger partial charge on any atom is 0.261 e. The van der Waals surface area contributed by atoms with Crippen LogP contribution in [0.5, 0.6) is 5.75 Å². The first-order valence-corrected chi connectivity index (χ1v) is 7.19. The summed E-state index contributed by atoms with van der Waals surface area (Å²) in [4.78, 5) is 12.6. The van der Waals surface area contributed by atoms with Crippen LogP contribution >= 0.6 is 11.3 Å². The Labute approximate surface area is 124 Å². The number of amides is 1. The predicted octanol–water partition coefficient (Wildman–Crippen LogP) is 3.68. The summed E-state index contributed by atoms with van der Waals surface area (Å²) < 4.78 is 13.9. The fraction of sp³-hybridized carbons (Fsp3) is 0.0625. The average molecular weight is 301 g/mol. The molecule has 1 heterocycles. The van der Waals surface area contributed by atoms with Gasteiger partial charge in [-0.3, -0.25) is 4.79 Å². The molecule has 3 nitrogen and oxygen atoms in total. The molecular formula is C16H12FNO2S. The van der Waals surface area contributed by atoms with E-state index in [4.69, 9.17) is 0 Å². The second kappa shape index (κ2) is 5.54. The van der Waals surface area contributed by atoms with Crippen molar-refractivity contribution in [3.05, 3.63) is 64.8 Å². The molecule has 1 aromatic heterocycles. The van der Waals surface area contributed by atoms with Crippen molar-refractivity contribution in [1.29, 1.82) is 0 Å². The zero-order valence-electron chi connectivity index (χ0n) is 11.0. The summed E-state index contributed by atoms with van der Waals surface area (Å²) in [5, 5.41) is 13.0. The zero-order valence-corrected chi connectivity index (χ0v) is 11.8. The van der Waals surface area contributed by atoms with Crippen molar-refractivity contribution in [3.8, 4) is 5.75 Å². The second-order valence-electron chi connectivity index (χ2n) is 4.65. The lowest BCUT2D eigenvalue weighted by atomic mass is 10.2. The second-order valence-corrected chi connectivity index (χ2v) is 5.73. The molecule has 0 aliphatic carbocycles. The maximum atomic E-state index is 13.1. The van der Waals surface area contributed by atoms with Crippen molar-refractivity contribution in [2.45, 2.75) is 6.54 Å². The van der Waals surface area contributed by atoms with Gasteiger partial charge in [0.1, 0.15) is 11.6 Å². The van der Waals surface area contributed by atoms with E-state index in [0.717, 1.165) is 15.6 Å². The van der Waals surface area contributed by atoms with Crippen LogP contribution in [0.15, 0.2) is 48.5 Å². The Morgan fingerprint density at radius 3 is 2.86 bits per heavy atom. The van der Waals surface area contributed by atoms with Crippen molar-refractivity contribution in [3.63, 3.8) is 0 Å². The van der Waals surface area contributed by atoms with Gasteiger partial charge in [-0.15, -0.1) is 11.3 Å². The van der Waals surface area contributed by atoms with E-state index in [1.807, 2.05) is 6.07 Å². The van der Waals surface area contributed by atoms with Crippen LogP contribution in [0.25, 0.3) is 10.1 Å². The first-order valence-electron chi connectivity index (χ1n) is 6.37. The highest BCUT2D eigenvalue weighted by molar-refractivity contribution is 7.20. The number of halogens is 1. The van der Waals surface area contributed by atoms with Gasteiger partial charge < -0.3 is 10.4 Å². The normalized spacial score (nSPS) is 10.7. The number of thiophene rings is 1. The highest BCUT2D eigenvalue weighted by atomic mass is 32.1. The third-order valence-electron chi connectivity index (χ3n) is 3.07. The van der Waals surface area contributed by atoms with E-state index < -0.39 is 0 Å². The third kappa shape index (κ3) is 3.03. The minimum absolute atomic E-state index is 0.166. The van der Waals surface area contributed by atoms with Crippen LogP contribution in [0.3, 0.4) is 0 Å². The molecule has 0 aliphatic rings. The fourth-order valence-electron chi connectivity index (χ4n) is 2.05. The van der Waals surface area contributed by atoms with Gasteiger partial charge in [0.25, 0.3) is 5.91 Å². The Morgan fingerprint density at radius 1 is 1.19 bits per heavy atom. The van der Waals surface area contributed by atoms with Crippen molar-refractivity contribution in [2.75, 3.05) is 0 Å². The Bertz CT molecular complexity index is 813. The van der Waals surface area contributed by atoms with Gasteiger partial charge in [0.15, 0.2) is 0 Å². The predicted molar refractivity (Wildman–Crippen MR) is 81.1 cm³/mol. The van der Waals surface area contributed by atoms with Crippen LogP contribution in [0.2, 0.25) is 0 Å². The van der Waals surface area contributed by atoms with Gasteiger partial charge in [-0.2, -0.15) is 0 Å². The van der Waals surface area contributed by atoms with E-state index in [1.54, 1.807) is 30.3 Å². The van der Waals surface area contributed by atoms with Crippen molar-refractivity contribution >= 4 is 27.3 Å². The summed E-state index contributed by atoms with van der Waals surface area (Å²) in [5.74, 6) is -0.352. The minimum atomic E-state index is -0.309. The number of phenols is 1. The topological polar surface area (TPSA) is 49.3 Å². The van der Waals surface area contributed by atoms with Crippen LogP contribution < -0.4 is 5.32 Å². The summed E-state index contributed by atoms with van der Waals surface area (Å²) in [7, 11) is 0. The first kappa shape index (κ1) is 13.6. The van der Waals surface area contributed by atoms with Crippen molar-refractivity contribution < 1.29 is 14.3 Å². The van der Waals surface area contributed by atoms with E-state index in [1.165, 1.54) is 23.5 Å². The molecule has 0 fully saturated rings. The monoisotopic (exact) mass is 301 g/mol. The Balaban J connectivity index is 1.74. The van der Waals surface area contributed by atoms with E-state index in [-0.39, 0.29) is 17.5 Å². The number of carbonyl (C=O) groups excluding carboxylic acids is 1. The standard InChI is InChI=1S/C16H12FNO2S/c17-12-5-4-11-7-15(21-14(11)8-12)16(20)18-9-10-2-1-3-13(19)6-10/h1-8,19H,9H2,(H,18,20). The third-order valence-corrected chi connectivity index (χ3v) is 4.17. The summed E-state index contributed by atoms with van der Waals surface area (Å²) in [6.07, 6.45) is 0. The average Bonchev–Trinajstić information content (AvgIpc) is 2.88. The molecule has 106 valence electrons. The molecule has 21 heavy (non-hydrogen) atoms. The van der Waals surface area contributed by atoms with E-state index in [2.05, 4.69) is 5.32 Å². The van der Waals surface area contributed by atoms with Crippen LogP contribution in [0.1, 0.15) is 15.2 Å². The van der Waals surface area contributed by atoms with Crippen LogP contribution in [0.4, 0.5) is 4.39 Å². The summed E-state index contributed by atoms with van der Waals surface area (Å²) >= 11 is 1.26. The number of carbonyl (C=O) groups is 1. The van der Waals surface area contributed by atoms with Gasteiger partial charge in [0.05, 0.1) is 4.88 Å². The molecule has 0 bridgehead atoms. The van der Waals surface area contributed by atoms with Crippen molar-refractivity contribution in [1.82, 2.24) is 5.32 Å². The van der Waals surface area contributed by atoms with Crippen LogP contribution in [0, 0.1) is 5.82 Å². The smallest absolute Gasteiger partial charge is 0.261 e. The van der Waals surface area contributed by atoms with E-state index in [0.29, 0.717) is 11.4 Å². The molecule has 0 saturated carbocycles. The molecule has 0 spiro atoms. The van der Waals surface area contributed by atoms with Gasteiger partial charge in [0.2, 0.25) is 0 Å². The Morgan fingerprint density at radius 2 is 2.05 bits per heavy atom. The molecule has 5 heteroatoms. The summed E-state index contributed by atoms with van der Waals surface area (Å²) in [6.45, 7) is 0.329. The summed E-state index contributed by atoms with van der Waals surface area (Å²) in [5.41, 5.74) is 0.815. The number of aromatic hydroxyl groups is 1. The molecule has 3 aromatic rings. The Hall–Kier alpha value is -2.40. The van der Waals surface area contributed by atoms with E-state index in [9.17, 15) is 14.3 Å². The molecule has 0 saturated heterocycles. The lowest BCUT2D eigenvalue weighted by molar-refractivity contribution is 0.0955. The molecule has 3 rings (SSSR count). The number of nitrogens with one attached hydrogen (secondary N) is 1. The SMILES string of the molecule is O=C(NCc1cccc(O)c1)c1cc2ccc(F)cc2s1. The van der Waals surface area contributed by atoms with Crippen molar-refractivity contribution in [2.24, 2.45) is 0 Å². The lowest BCUT2D eigenvalue weighted by Gasteiger charge is -2.04. The minimum Gasteiger partial charge on any atom is -0.508 e. The number of fused-ring (bicyclic) bond motifs is 1. The van der Waals surface area contributed by atoms with Crippen LogP contribution in [-0.2, 0) is 6.54 Å². The molecule has 0 radical (unpaired) electrons. The van der Waals surface area contributed by atoms with Gasteiger partial charge in [0, 0.05) is 11.2 Å². The molecule has 2 aromatic carbocycles.